The maximum absolute atomic E-state index is 12.8. The van der Waals surface area contributed by atoms with Gasteiger partial charge in [0.15, 0.2) is 0 Å². The zero-order valence-electron chi connectivity index (χ0n) is 11.2. The highest BCUT2D eigenvalue weighted by Gasteiger charge is 2.47. The van der Waals surface area contributed by atoms with Gasteiger partial charge in [0.1, 0.15) is 17.6 Å². The maximum atomic E-state index is 12.8. The van der Waals surface area contributed by atoms with Gasteiger partial charge in [0.25, 0.3) is 5.92 Å². The average molecular weight is 315 g/mol. The fraction of sp³-hybridized carbons (Fsp3) is 0.357. The van der Waals surface area contributed by atoms with Crippen LogP contribution in [0.1, 0.15) is 18.6 Å². The number of benzene rings is 1. The van der Waals surface area contributed by atoms with Crippen LogP contribution in [0.5, 0.6) is 5.75 Å². The molecule has 0 atom stereocenters. The van der Waals surface area contributed by atoms with Crippen LogP contribution in [-0.2, 0) is 0 Å². The molecule has 2 N–H and O–H groups in total. The molecule has 1 aromatic heterocycles. The van der Waals surface area contributed by atoms with E-state index in [4.69, 9.17) is 26.6 Å². The molecule has 1 saturated carbocycles. The Balaban J connectivity index is 1.85. The van der Waals surface area contributed by atoms with Crippen molar-refractivity contribution in [3.05, 3.63) is 29.1 Å². The molecule has 2 aromatic rings. The van der Waals surface area contributed by atoms with Crippen molar-refractivity contribution in [3.8, 4) is 16.9 Å². The summed E-state index contributed by atoms with van der Waals surface area (Å²) in [7, 11) is 0. The Morgan fingerprint density at radius 2 is 2.10 bits per heavy atom. The van der Waals surface area contributed by atoms with Gasteiger partial charge in [0, 0.05) is 30.0 Å². The second kappa shape index (κ2) is 4.87. The molecule has 1 fully saturated rings. The number of hydrogen-bond donors (Lipinski definition) is 1. The zero-order valence-corrected chi connectivity index (χ0v) is 12.0. The summed E-state index contributed by atoms with van der Waals surface area (Å²) in [4.78, 5) is 0. The van der Waals surface area contributed by atoms with Gasteiger partial charge >= 0.3 is 0 Å². The molecule has 0 aliphatic heterocycles. The molecule has 0 amide bonds. The Bertz CT molecular complexity index is 680. The third-order valence-electron chi connectivity index (χ3n) is 3.49. The van der Waals surface area contributed by atoms with Gasteiger partial charge in [-0.05, 0) is 13.0 Å². The van der Waals surface area contributed by atoms with Crippen LogP contribution >= 0.6 is 11.6 Å². The summed E-state index contributed by atoms with van der Waals surface area (Å²) < 4.78 is 36.1. The van der Waals surface area contributed by atoms with E-state index in [1.807, 2.05) is 0 Å². The topological polar surface area (TPSA) is 61.3 Å². The SMILES string of the molecule is Cc1oncc1-c1cc(N)c(OC2CC(F)(F)C2)cc1Cl. The minimum atomic E-state index is -2.64. The lowest BCUT2D eigenvalue weighted by atomic mass is 9.91. The van der Waals surface area contributed by atoms with Crippen molar-refractivity contribution < 1.29 is 18.0 Å². The zero-order chi connectivity index (χ0) is 15.2. The van der Waals surface area contributed by atoms with E-state index in [-0.39, 0.29) is 12.8 Å². The lowest BCUT2D eigenvalue weighted by Crippen LogP contribution is -2.43. The summed E-state index contributed by atoms with van der Waals surface area (Å²) in [6, 6.07) is 3.17. The molecule has 1 aliphatic rings. The molecule has 1 heterocycles. The molecule has 3 rings (SSSR count). The Kier molecular flexibility index (Phi) is 3.28. The molecular formula is C14H13ClF2N2O2. The van der Waals surface area contributed by atoms with E-state index in [9.17, 15) is 8.78 Å². The van der Waals surface area contributed by atoms with Gasteiger partial charge in [-0.2, -0.15) is 0 Å². The van der Waals surface area contributed by atoms with Crippen LogP contribution < -0.4 is 10.5 Å². The van der Waals surface area contributed by atoms with Gasteiger partial charge in [0.05, 0.1) is 16.9 Å². The maximum Gasteiger partial charge on any atom is 0.255 e. The molecule has 112 valence electrons. The minimum Gasteiger partial charge on any atom is -0.488 e. The first-order chi connectivity index (χ1) is 9.85. The first-order valence-electron chi connectivity index (χ1n) is 6.41. The van der Waals surface area contributed by atoms with Gasteiger partial charge in [-0.1, -0.05) is 16.8 Å². The molecule has 0 saturated heterocycles. The summed E-state index contributed by atoms with van der Waals surface area (Å²) in [5.41, 5.74) is 7.65. The number of nitrogen functional groups attached to an aromatic ring is 1. The molecule has 1 aromatic carbocycles. The number of nitrogens with zero attached hydrogens (tertiary/aromatic N) is 1. The lowest BCUT2D eigenvalue weighted by Gasteiger charge is -2.35. The standard InChI is InChI=1S/C14H13ClF2N2O2/c1-7-10(6-19-21-7)9-2-12(18)13(3-11(9)15)20-8-4-14(16,17)5-8/h2-3,6,8H,4-5,18H2,1H3. The van der Waals surface area contributed by atoms with Crippen molar-refractivity contribution in [3.63, 3.8) is 0 Å². The fourth-order valence-corrected chi connectivity index (χ4v) is 2.56. The number of nitrogens with two attached hydrogens (primary N) is 1. The van der Waals surface area contributed by atoms with Gasteiger partial charge in [0.2, 0.25) is 0 Å². The molecule has 0 spiro atoms. The van der Waals surface area contributed by atoms with Crippen molar-refractivity contribution in [2.45, 2.75) is 31.8 Å². The number of alkyl halides is 2. The van der Waals surface area contributed by atoms with Crippen LogP contribution in [0, 0.1) is 6.92 Å². The lowest BCUT2D eigenvalue weighted by molar-refractivity contribution is -0.134. The summed E-state index contributed by atoms with van der Waals surface area (Å²) >= 11 is 6.21. The van der Waals surface area contributed by atoms with Crippen LogP contribution in [0.2, 0.25) is 5.02 Å². The predicted octanol–water partition coefficient (Wildman–Crippen LogP) is 4.06. The Labute approximate surface area is 124 Å². The Morgan fingerprint density at radius 3 is 2.67 bits per heavy atom. The summed E-state index contributed by atoms with van der Waals surface area (Å²) in [5, 5.41) is 4.09. The summed E-state index contributed by atoms with van der Waals surface area (Å²) in [6.07, 6.45) is 0.428. The second-order valence-electron chi connectivity index (χ2n) is 5.17. The molecule has 21 heavy (non-hydrogen) atoms. The first kappa shape index (κ1) is 14.1. The van der Waals surface area contributed by atoms with Gasteiger partial charge < -0.3 is 15.0 Å². The minimum absolute atomic E-state index is 0.295. The van der Waals surface area contributed by atoms with Gasteiger partial charge in [-0.25, -0.2) is 8.78 Å². The molecular weight excluding hydrogens is 302 g/mol. The fourth-order valence-electron chi connectivity index (χ4n) is 2.31. The van der Waals surface area contributed by atoms with E-state index in [2.05, 4.69) is 5.16 Å². The molecule has 0 unspecified atom stereocenters. The van der Waals surface area contributed by atoms with Crippen molar-refractivity contribution in [1.82, 2.24) is 5.16 Å². The van der Waals surface area contributed by atoms with Crippen molar-refractivity contribution in [2.24, 2.45) is 0 Å². The number of ether oxygens (including phenoxy) is 1. The second-order valence-corrected chi connectivity index (χ2v) is 5.58. The number of rotatable bonds is 3. The molecule has 7 heteroatoms. The largest absolute Gasteiger partial charge is 0.488 e. The summed E-state index contributed by atoms with van der Waals surface area (Å²) in [5.74, 6) is -1.70. The van der Waals surface area contributed by atoms with Crippen LogP contribution in [-0.4, -0.2) is 17.2 Å². The van der Waals surface area contributed by atoms with Gasteiger partial charge in [-0.3, -0.25) is 0 Å². The first-order valence-corrected chi connectivity index (χ1v) is 6.79. The van der Waals surface area contributed by atoms with Crippen molar-refractivity contribution in [2.75, 3.05) is 5.73 Å². The van der Waals surface area contributed by atoms with Crippen LogP contribution in [0.3, 0.4) is 0 Å². The van der Waals surface area contributed by atoms with Crippen LogP contribution in [0.25, 0.3) is 11.1 Å². The third-order valence-corrected chi connectivity index (χ3v) is 3.80. The van der Waals surface area contributed by atoms with Crippen LogP contribution in [0.4, 0.5) is 14.5 Å². The molecule has 0 bridgehead atoms. The molecule has 4 nitrogen and oxygen atoms in total. The van der Waals surface area contributed by atoms with E-state index in [0.29, 0.717) is 27.8 Å². The number of aromatic nitrogens is 1. The van der Waals surface area contributed by atoms with E-state index >= 15 is 0 Å². The highest BCUT2D eigenvalue weighted by atomic mass is 35.5. The number of aryl methyl sites for hydroxylation is 1. The van der Waals surface area contributed by atoms with Crippen molar-refractivity contribution >= 4 is 17.3 Å². The van der Waals surface area contributed by atoms with E-state index < -0.39 is 12.0 Å². The smallest absolute Gasteiger partial charge is 0.255 e. The van der Waals surface area contributed by atoms with Crippen molar-refractivity contribution in [1.29, 1.82) is 0 Å². The number of anilines is 1. The molecule has 1 aliphatic carbocycles. The highest BCUT2D eigenvalue weighted by Crippen LogP contribution is 2.42. The summed E-state index contributed by atoms with van der Waals surface area (Å²) in [6.45, 7) is 1.76. The normalized spacial score (nSPS) is 17.5. The highest BCUT2D eigenvalue weighted by molar-refractivity contribution is 6.33. The molecule has 0 radical (unpaired) electrons. The Hall–Kier alpha value is -1.82. The van der Waals surface area contributed by atoms with E-state index in [1.54, 1.807) is 19.2 Å². The number of halogens is 3. The monoisotopic (exact) mass is 314 g/mol. The number of hydrogen-bond acceptors (Lipinski definition) is 4. The van der Waals surface area contributed by atoms with E-state index in [1.165, 1.54) is 6.07 Å². The Morgan fingerprint density at radius 1 is 1.38 bits per heavy atom. The quantitative estimate of drug-likeness (QED) is 0.868. The third kappa shape index (κ3) is 2.68. The van der Waals surface area contributed by atoms with E-state index in [0.717, 1.165) is 5.56 Å². The average Bonchev–Trinajstić information content (AvgIpc) is 2.77. The predicted molar refractivity (Wildman–Crippen MR) is 74.7 cm³/mol. The van der Waals surface area contributed by atoms with Crippen LogP contribution in [0.15, 0.2) is 22.9 Å². The van der Waals surface area contributed by atoms with Gasteiger partial charge in [-0.15, -0.1) is 0 Å².